The molecule has 4 nitrogen and oxygen atoms in total. The normalized spacial score (nSPS) is 15.7. The summed E-state index contributed by atoms with van der Waals surface area (Å²) in [5, 5.41) is 14.9. The van der Waals surface area contributed by atoms with Gasteiger partial charge in [-0.05, 0) is 42.0 Å². The van der Waals surface area contributed by atoms with Crippen LogP contribution in [-0.2, 0) is 19.5 Å². The maximum absolute atomic E-state index is 12.4. The van der Waals surface area contributed by atoms with Gasteiger partial charge in [-0.3, -0.25) is 0 Å². The molecule has 1 aliphatic rings. The Balaban J connectivity index is 1.53. The highest BCUT2D eigenvalue weighted by Gasteiger charge is 2.24. The Morgan fingerprint density at radius 1 is 0.968 bits per heavy atom. The maximum Gasteiger partial charge on any atom is 0.352 e. The molecule has 0 saturated heterocycles. The van der Waals surface area contributed by atoms with Crippen molar-refractivity contribution in [3.63, 3.8) is 0 Å². The lowest BCUT2D eigenvalue weighted by Crippen LogP contribution is -2.25. The number of para-hydroxylation sites is 1. The van der Waals surface area contributed by atoms with Crippen molar-refractivity contribution in [1.82, 2.24) is 9.88 Å². The fourth-order valence-corrected chi connectivity index (χ4v) is 4.92. The van der Waals surface area contributed by atoms with Gasteiger partial charge in [0.15, 0.2) is 0 Å². The molecule has 156 valence electrons. The smallest absolute Gasteiger partial charge is 0.352 e. The molecule has 0 saturated carbocycles. The first-order valence-corrected chi connectivity index (χ1v) is 10.9. The van der Waals surface area contributed by atoms with E-state index in [0.29, 0.717) is 18.8 Å². The van der Waals surface area contributed by atoms with Crippen molar-refractivity contribution in [2.45, 2.75) is 38.4 Å². The zero-order valence-electron chi connectivity index (χ0n) is 17.4. The zero-order valence-corrected chi connectivity index (χ0v) is 17.4. The SMILES string of the molecule is O=C(O)c1c(CN[C@@H]2CCCc3ccccc32)c2ccccc2n1Cc1ccccc1. The summed E-state index contributed by atoms with van der Waals surface area (Å²) in [5.74, 6) is -0.882. The van der Waals surface area contributed by atoms with Crippen molar-refractivity contribution in [3.05, 3.63) is 107 Å². The summed E-state index contributed by atoms with van der Waals surface area (Å²) in [4.78, 5) is 12.4. The Bertz CT molecular complexity index is 1230. The lowest BCUT2D eigenvalue weighted by atomic mass is 9.87. The van der Waals surface area contributed by atoms with E-state index < -0.39 is 5.97 Å². The third kappa shape index (κ3) is 3.75. The number of aryl methyl sites for hydroxylation is 1. The molecule has 3 aromatic carbocycles. The average molecular weight is 411 g/mol. The minimum atomic E-state index is -0.882. The predicted octanol–water partition coefficient (Wildman–Crippen LogP) is 5.56. The third-order valence-electron chi connectivity index (χ3n) is 6.36. The summed E-state index contributed by atoms with van der Waals surface area (Å²) in [6.07, 6.45) is 3.34. The van der Waals surface area contributed by atoms with Gasteiger partial charge in [0.05, 0.1) is 0 Å². The van der Waals surface area contributed by atoms with Crippen LogP contribution in [0, 0.1) is 0 Å². The van der Waals surface area contributed by atoms with E-state index in [1.54, 1.807) is 0 Å². The standard InChI is InChI=1S/C27H26N2O2/c30-27(31)26-23(17-28-24-15-8-12-20-11-4-5-13-21(20)24)22-14-6-7-16-25(22)29(26)18-19-9-2-1-3-10-19/h1-7,9-11,13-14,16,24,28H,8,12,15,17-18H2,(H,30,31)/t24-/m1/s1. The number of aromatic nitrogens is 1. The fraction of sp³-hybridized carbons (Fsp3) is 0.222. The van der Waals surface area contributed by atoms with Gasteiger partial charge >= 0.3 is 5.97 Å². The first-order valence-electron chi connectivity index (χ1n) is 10.9. The Hall–Kier alpha value is -3.37. The van der Waals surface area contributed by atoms with Crippen LogP contribution in [-0.4, -0.2) is 15.6 Å². The molecule has 5 rings (SSSR count). The van der Waals surface area contributed by atoms with Crippen molar-refractivity contribution >= 4 is 16.9 Å². The zero-order chi connectivity index (χ0) is 21.2. The van der Waals surface area contributed by atoms with Crippen molar-refractivity contribution in [3.8, 4) is 0 Å². The molecule has 4 aromatic rings. The molecule has 1 aliphatic carbocycles. The van der Waals surface area contributed by atoms with E-state index in [2.05, 4.69) is 29.6 Å². The number of nitrogens with one attached hydrogen (secondary N) is 1. The number of carboxylic acid groups (broad SMARTS) is 1. The van der Waals surface area contributed by atoms with Crippen LogP contribution in [0.25, 0.3) is 10.9 Å². The lowest BCUT2D eigenvalue weighted by Gasteiger charge is -2.26. The second kappa shape index (κ2) is 8.40. The van der Waals surface area contributed by atoms with Crippen LogP contribution in [0.4, 0.5) is 0 Å². The molecule has 31 heavy (non-hydrogen) atoms. The Labute approximate surface area is 182 Å². The largest absolute Gasteiger partial charge is 0.477 e. The van der Waals surface area contributed by atoms with E-state index in [4.69, 9.17) is 0 Å². The summed E-state index contributed by atoms with van der Waals surface area (Å²) in [6, 6.07) is 26.9. The second-order valence-electron chi connectivity index (χ2n) is 8.25. The van der Waals surface area contributed by atoms with Crippen LogP contribution in [0.3, 0.4) is 0 Å². The third-order valence-corrected chi connectivity index (χ3v) is 6.36. The van der Waals surface area contributed by atoms with Crippen molar-refractivity contribution in [2.75, 3.05) is 0 Å². The highest BCUT2D eigenvalue weighted by Crippen LogP contribution is 2.32. The molecule has 0 bridgehead atoms. The van der Waals surface area contributed by atoms with E-state index in [9.17, 15) is 9.90 Å². The summed E-state index contributed by atoms with van der Waals surface area (Å²) < 4.78 is 1.94. The molecule has 0 radical (unpaired) electrons. The molecule has 0 fully saturated rings. The van der Waals surface area contributed by atoms with Gasteiger partial charge in [0.25, 0.3) is 0 Å². The summed E-state index contributed by atoms with van der Waals surface area (Å²) >= 11 is 0. The Kier molecular flexibility index (Phi) is 5.31. The molecule has 0 aliphatic heterocycles. The highest BCUT2D eigenvalue weighted by molar-refractivity contribution is 5.98. The molecule has 0 spiro atoms. The van der Waals surface area contributed by atoms with Gasteiger partial charge in [-0.2, -0.15) is 0 Å². The van der Waals surface area contributed by atoms with Gasteiger partial charge in [0, 0.05) is 35.6 Å². The quantitative estimate of drug-likeness (QED) is 0.438. The van der Waals surface area contributed by atoms with Gasteiger partial charge < -0.3 is 15.0 Å². The molecule has 1 aromatic heterocycles. The number of nitrogens with zero attached hydrogens (tertiary/aromatic N) is 1. The summed E-state index contributed by atoms with van der Waals surface area (Å²) in [5.41, 5.74) is 6.04. The minimum absolute atomic E-state index is 0.253. The molecule has 2 N–H and O–H groups in total. The number of aromatic carboxylic acids is 1. The van der Waals surface area contributed by atoms with Crippen molar-refractivity contribution in [1.29, 1.82) is 0 Å². The summed E-state index contributed by atoms with van der Waals surface area (Å²) in [6.45, 7) is 1.07. The predicted molar refractivity (Wildman–Crippen MR) is 123 cm³/mol. The topological polar surface area (TPSA) is 54.3 Å². The number of carboxylic acids is 1. The number of carbonyl (C=O) groups is 1. The maximum atomic E-state index is 12.4. The van der Waals surface area contributed by atoms with Crippen LogP contribution >= 0.6 is 0 Å². The average Bonchev–Trinajstić information content (AvgIpc) is 3.12. The van der Waals surface area contributed by atoms with Crippen LogP contribution in [0.15, 0.2) is 78.9 Å². The number of fused-ring (bicyclic) bond motifs is 2. The molecular weight excluding hydrogens is 384 g/mol. The van der Waals surface area contributed by atoms with Gasteiger partial charge in [-0.15, -0.1) is 0 Å². The van der Waals surface area contributed by atoms with Gasteiger partial charge in [0.1, 0.15) is 5.69 Å². The van der Waals surface area contributed by atoms with Crippen molar-refractivity contribution < 1.29 is 9.90 Å². The van der Waals surface area contributed by atoms with Crippen LogP contribution in [0.1, 0.15) is 51.6 Å². The van der Waals surface area contributed by atoms with E-state index in [0.717, 1.165) is 41.3 Å². The van der Waals surface area contributed by atoms with Gasteiger partial charge in [-0.25, -0.2) is 4.79 Å². The number of hydrogen-bond donors (Lipinski definition) is 2. The van der Waals surface area contributed by atoms with E-state index in [-0.39, 0.29) is 6.04 Å². The van der Waals surface area contributed by atoms with Gasteiger partial charge in [-0.1, -0.05) is 72.8 Å². The fourth-order valence-electron chi connectivity index (χ4n) is 4.92. The first-order chi connectivity index (χ1) is 15.2. The molecule has 4 heteroatoms. The molecular formula is C27H26N2O2. The monoisotopic (exact) mass is 410 g/mol. The minimum Gasteiger partial charge on any atom is -0.477 e. The van der Waals surface area contributed by atoms with Crippen LogP contribution in [0.5, 0.6) is 0 Å². The molecule has 0 amide bonds. The van der Waals surface area contributed by atoms with E-state index in [1.807, 2.05) is 59.2 Å². The highest BCUT2D eigenvalue weighted by atomic mass is 16.4. The number of rotatable bonds is 6. The van der Waals surface area contributed by atoms with Gasteiger partial charge in [0.2, 0.25) is 0 Å². The van der Waals surface area contributed by atoms with Crippen LogP contribution < -0.4 is 5.32 Å². The number of benzene rings is 3. The Morgan fingerprint density at radius 2 is 1.71 bits per heavy atom. The molecule has 0 unspecified atom stereocenters. The van der Waals surface area contributed by atoms with E-state index in [1.165, 1.54) is 11.1 Å². The lowest BCUT2D eigenvalue weighted by molar-refractivity contribution is 0.0684. The van der Waals surface area contributed by atoms with Crippen LogP contribution in [0.2, 0.25) is 0 Å². The van der Waals surface area contributed by atoms with Crippen molar-refractivity contribution in [2.24, 2.45) is 0 Å². The molecule has 1 atom stereocenters. The van der Waals surface area contributed by atoms with E-state index >= 15 is 0 Å². The molecule has 1 heterocycles. The first kappa shape index (κ1) is 19.6. The number of hydrogen-bond acceptors (Lipinski definition) is 2. The second-order valence-corrected chi connectivity index (χ2v) is 8.25. The Morgan fingerprint density at radius 3 is 2.55 bits per heavy atom. The summed E-state index contributed by atoms with van der Waals surface area (Å²) in [7, 11) is 0.